The van der Waals surface area contributed by atoms with Crippen LogP contribution in [0, 0.1) is 0 Å². The molecule has 0 spiro atoms. The number of fused-ring (bicyclic) bond motifs is 1. The van der Waals surface area contributed by atoms with E-state index >= 15 is 0 Å². The second-order valence-corrected chi connectivity index (χ2v) is 9.37. The van der Waals surface area contributed by atoms with Gasteiger partial charge in [0, 0.05) is 42.3 Å². The van der Waals surface area contributed by atoms with Gasteiger partial charge in [-0.3, -0.25) is 9.59 Å². The van der Waals surface area contributed by atoms with Gasteiger partial charge in [0.2, 0.25) is 5.91 Å². The molecule has 0 saturated heterocycles. The van der Waals surface area contributed by atoms with Crippen molar-refractivity contribution >= 4 is 27.3 Å². The van der Waals surface area contributed by atoms with Crippen molar-refractivity contribution in [2.75, 3.05) is 31.5 Å². The van der Waals surface area contributed by atoms with Crippen molar-refractivity contribution < 1.29 is 27.5 Å². The van der Waals surface area contributed by atoms with Crippen molar-refractivity contribution in [3.8, 4) is 11.5 Å². The molecule has 0 fully saturated rings. The van der Waals surface area contributed by atoms with Gasteiger partial charge in [-0.15, -0.1) is 0 Å². The van der Waals surface area contributed by atoms with Crippen LogP contribution >= 0.6 is 0 Å². The molecule has 0 saturated carbocycles. The molecule has 3 rings (SSSR count). The Labute approximate surface area is 175 Å². The zero-order valence-corrected chi connectivity index (χ0v) is 17.9. The maximum atomic E-state index is 13.1. The highest BCUT2D eigenvalue weighted by Gasteiger charge is 2.36. The van der Waals surface area contributed by atoms with Crippen molar-refractivity contribution in [1.82, 2.24) is 4.90 Å². The maximum Gasteiger partial charge on any atom is 0.255 e. The summed E-state index contributed by atoms with van der Waals surface area (Å²) in [7, 11) is -0.328. The molecule has 2 aromatic carbocycles. The summed E-state index contributed by atoms with van der Waals surface area (Å²) in [6.07, 6.45) is 1.10. The first-order chi connectivity index (χ1) is 14.2. The molecule has 1 aliphatic heterocycles. The number of amides is 2. The van der Waals surface area contributed by atoms with E-state index in [1.165, 1.54) is 19.1 Å². The first-order valence-corrected chi connectivity index (χ1v) is 11.4. The van der Waals surface area contributed by atoms with E-state index in [2.05, 4.69) is 5.32 Å². The van der Waals surface area contributed by atoms with Crippen LogP contribution in [0.1, 0.15) is 22.3 Å². The molecule has 8 nitrogen and oxygen atoms in total. The number of hydrogen-bond acceptors (Lipinski definition) is 6. The van der Waals surface area contributed by atoms with Crippen LogP contribution in [0.25, 0.3) is 0 Å². The predicted molar refractivity (Wildman–Crippen MR) is 113 cm³/mol. The zero-order chi connectivity index (χ0) is 21.9. The summed E-state index contributed by atoms with van der Waals surface area (Å²) in [4.78, 5) is 27.4. The molecule has 1 unspecified atom stereocenters. The largest absolute Gasteiger partial charge is 0.497 e. The molecule has 2 amide bonds. The third-order valence-electron chi connectivity index (χ3n) is 4.91. The van der Waals surface area contributed by atoms with E-state index < -0.39 is 21.8 Å². The minimum absolute atomic E-state index is 0.00843. The van der Waals surface area contributed by atoms with Gasteiger partial charge in [-0.25, -0.2) is 8.42 Å². The number of hydrogen-bond donors (Lipinski definition) is 1. The highest BCUT2D eigenvalue weighted by molar-refractivity contribution is 7.90. The van der Waals surface area contributed by atoms with Gasteiger partial charge in [0.05, 0.1) is 20.0 Å². The lowest BCUT2D eigenvalue weighted by molar-refractivity contribution is -0.120. The van der Waals surface area contributed by atoms with Gasteiger partial charge < -0.3 is 19.7 Å². The Morgan fingerprint density at radius 3 is 2.33 bits per heavy atom. The summed E-state index contributed by atoms with van der Waals surface area (Å²) >= 11 is 0. The molecule has 9 heteroatoms. The molecule has 1 aliphatic rings. The van der Waals surface area contributed by atoms with Crippen molar-refractivity contribution in [1.29, 1.82) is 0 Å². The van der Waals surface area contributed by atoms with E-state index in [4.69, 9.17) is 9.47 Å². The molecule has 0 aliphatic carbocycles. The quantitative estimate of drug-likeness (QED) is 0.685. The third kappa shape index (κ3) is 4.91. The standard InChI is InChI=1S/C21H24N2O6S/c1-28-16-10-15(11-17(12-16)29-2)22-20(24)19(8-9-30(3,26)27)23-13-14-6-4-5-7-18(14)21(23)25/h4-7,10-12,19H,8-9,13H2,1-3H3,(H,22,24). The molecule has 1 heterocycles. The van der Waals surface area contributed by atoms with E-state index in [1.807, 2.05) is 12.1 Å². The Hall–Kier alpha value is -3.07. The normalized spacial score (nSPS) is 14.2. The number of carbonyl (C=O) groups excluding carboxylic acids is 2. The number of nitrogens with one attached hydrogen (secondary N) is 1. The summed E-state index contributed by atoms with van der Waals surface area (Å²) in [6.45, 7) is 0.248. The Balaban J connectivity index is 1.87. The van der Waals surface area contributed by atoms with Crippen LogP contribution in [0.15, 0.2) is 42.5 Å². The molecule has 2 aromatic rings. The first-order valence-electron chi connectivity index (χ1n) is 9.32. The summed E-state index contributed by atoms with van der Waals surface area (Å²) in [5, 5.41) is 2.76. The smallest absolute Gasteiger partial charge is 0.255 e. The predicted octanol–water partition coefficient (Wildman–Crippen LogP) is 2.10. The molecule has 0 bridgehead atoms. The second kappa shape index (κ2) is 8.74. The van der Waals surface area contributed by atoms with Crippen molar-refractivity contribution in [3.63, 3.8) is 0 Å². The minimum atomic E-state index is -3.32. The monoisotopic (exact) mass is 432 g/mol. The third-order valence-corrected chi connectivity index (χ3v) is 5.89. The van der Waals surface area contributed by atoms with Crippen LogP contribution in [0.5, 0.6) is 11.5 Å². The second-order valence-electron chi connectivity index (χ2n) is 7.12. The highest BCUT2D eigenvalue weighted by atomic mass is 32.2. The van der Waals surface area contributed by atoms with Crippen LogP contribution in [0.4, 0.5) is 5.69 Å². The fraction of sp³-hybridized carbons (Fsp3) is 0.333. The van der Waals surface area contributed by atoms with E-state index in [0.29, 0.717) is 22.7 Å². The van der Waals surface area contributed by atoms with Gasteiger partial charge in [-0.2, -0.15) is 0 Å². The van der Waals surface area contributed by atoms with Gasteiger partial charge in [0.1, 0.15) is 27.4 Å². The van der Waals surface area contributed by atoms with Gasteiger partial charge in [-0.05, 0) is 18.1 Å². The van der Waals surface area contributed by atoms with Crippen molar-refractivity contribution in [2.24, 2.45) is 0 Å². The zero-order valence-electron chi connectivity index (χ0n) is 17.0. The minimum Gasteiger partial charge on any atom is -0.497 e. The molecule has 1 N–H and O–H groups in total. The molecular weight excluding hydrogens is 408 g/mol. The lowest BCUT2D eigenvalue weighted by Gasteiger charge is -2.27. The van der Waals surface area contributed by atoms with E-state index in [1.54, 1.807) is 30.3 Å². The average Bonchev–Trinajstić information content (AvgIpc) is 3.03. The Morgan fingerprint density at radius 1 is 1.13 bits per heavy atom. The number of nitrogens with zero attached hydrogens (tertiary/aromatic N) is 1. The lowest BCUT2D eigenvalue weighted by Crippen LogP contribution is -2.45. The van der Waals surface area contributed by atoms with Gasteiger partial charge in [0.25, 0.3) is 5.91 Å². The number of anilines is 1. The van der Waals surface area contributed by atoms with Crippen LogP contribution in [0.2, 0.25) is 0 Å². The number of rotatable bonds is 8. The van der Waals surface area contributed by atoms with Gasteiger partial charge in [0.15, 0.2) is 0 Å². The van der Waals surface area contributed by atoms with Crippen LogP contribution in [-0.4, -0.2) is 57.4 Å². The number of carbonyl (C=O) groups is 2. The molecule has 160 valence electrons. The number of methoxy groups -OCH3 is 2. The number of benzene rings is 2. The Morgan fingerprint density at radius 2 is 1.77 bits per heavy atom. The molecule has 1 atom stereocenters. The molecule has 0 radical (unpaired) electrons. The van der Waals surface area contributed by atoms with Crippen molar-refractivity contribution in [2.45, 2.75) is 19.0 Å². The summed E-state index contributed by atoms with van der Waals surface area (Å²) < 4.78 is 33.9. The summed E-state index contributed by atoms with van der Waals surface area (Å²) in [6, 6.07) is 11.1. The van der Waals surface area contributed by atoms with Gasteiger partial charge >= 0.3 is 0 Å². The molecule has 0 aromatic heterocycles. The van der Waals surface area contributed by atoms with Crippen LogP contribution < -0.4 is 14.8 Å². The van der Waals surface area contributed by atoms with Crippen LogP contribution in [0.3, 0.4) is 0 Å². The average molecular weight is 432 g/mol. The highest BCUT2D eigenvalue weighted by Crippen LogP contribution is 2.28. The Bertz CT molecular complexity index is 1040. The van der Waals surface area contributed by atoms with E-state index in [0.717, 1.165) is 11.8 Å². The number of sulfone groups is 1. The fourth-order valence-electron chi connectivity index (χ4n) is 3.39. The van der Waals surface area contributed by atoms with E-state index in [9.17, 15) is 18.0 Å². The first kappa shape index (κ1) is 21.6. The van der Waals surface area contributed by atoms with Gasteiger partial charge in [-0.1, -0.05) is 18.2 Å². The van der Waals surface area contributed by atoms with Crippen LogP contribution in [-0.2, 0) is 21.2 Å². The lowest BCUT2D eigenvalue weighted by atomic mass is 10.1. The molecular formula is C21H24N2O6S. The number of ether oxygens (including phenoxy) is 2. The molecule has 30 heavy (non-hydrogen) atoms. The maximum absolute atomic E-state index is 13.1. The summed E-state index contributed by atoms with van der Waals surface area (Å²) in [5.74, 6) is -0.00585. The Kier molecular flexibility index (Phi) is 6.31. The SMILES string of the molecule is COc1cc(NC(=O)C(CCS(C)(=O)=O)N2Cc3ccccc3C2=O)cc(OC)c1. The fourth-order valence-corrected chi connectivity index (χ4v) is 4.04. The van der Waals surface area contributed by atoms with Crippen molar-refractivity contribution in [3.05, 3.63) is 53.6 Å². The summed E-state index contributed by atoms with van der Waals surface area (Å²) in [5.41, 5.74) is 1.75. The van der Waals surface area contributed by atoms with E-state index in [-0.39, 0.29) is 24.6 Å². The topological polar surface area (TPSA) is 102 Å².